The van der Waals surface area contributed by atoms with E-state index in [9.17, 15) is 0 Å². The predicted octanol–water partition coefficient (Wildman–Crippen LogP) is 3.97. The molecule has 0 aliphatic rings. The van der Waals surface area contributed by atoms with Crippen LogP contribution in [-0.2, 0) is 4.43 Å². The van der Waals surface area contributed by atoms with Crippen LogP contribution in [0.25, 0.3) is 0 Å². The Morgan fingerprint density at radius 3 is 1.81 bits per heavy atom. The van der Waals surface area contributed by atoms with E-state index in [1.165, 1.54) is 10.4 Å². The molecule has 0 aliphatic heterocycles. The molecule has 2 aromatic carbocycles. The zero-order valence-electron chi connectivity index (χ0n) is 16.8. The summed E-state index contributed by atoms with van der Waals surface area (Å²) in [6.07, 6.45) is 1.97. The Morgan fingerprint density at radius 2 is 1.46 bits per heavy atom. The van der Waals surface area contributed by atoms with Gasteiger partial charge in [-0.3, -0.25) is 0 Å². The summed E-state index contributed by atoms with van der Waals surface area (Å²) in [5, 5.41) is 5.87. The third-order valence-corrected chi connectivity index (χ3v) is 10.1. The summed E-state index contributed by atoms with van der Waals surface area (Å²) in [4.78, 5) is 0. The van der Waals surface area contributed by atoms with Crippen LogP contribution < -0.4 is 15.7 Å². The van der Waals surface area contributed by atoms with Gasteiger partial charge in [-0.25, -0.2) is 0 Å². The predicted molar refractivity (Wildman–Crippen MR) is 116 cm³/mol. The van der Waals surface area contributed by atoms with Crippen LogP contribution in [0.1, 0.15) is 27.7 Å². The van der Waals surface area contributed by atoms with Crippen LogP contribution >= 0.6 is 0 Å². The minimum atomic E-state index is -2.52. The maximum atomic E-state index is 7.12. The van der Waals surface area contributed by atoms with E-state index in [1.54, 1.807) is 0 Å². The van der Waals surface area contributed by atoms with Crippen LogP contribution in [0.3, 0.4) is 0 Å². The number of hydrogen-bond acceptors (Lipinski definition) is 2. The van der Waals surface area contributed by atoms with Crippen LogP contribution in [0.2, 0.25) is 5.04 Å². The zero-order valence-corrected chi connectivity index (χ0v) is 17.8. The van der Waals surface area contributed by atoms with E-state index >= 15 is 0 Å². The highest BCUT2D eigenvalue weighted by Crippen LogP contribution is 2.38. The van der Waals surface area contributed by atoms with Gasteiger partial charge in [-0.05, 0) is 28.4 Å². The van der Waals surface area contributed by atoms with E-state index in [1.807, 2.05) is 13.1 Å². The maximum absolute atomic E-state index is 7.12. The molecule has 0 bridgehead atoms. The molecule has 0 unspecified atom stereocenters. The van der Waals surface area contributed by atoms with Crippen molar-refractivity contribution >= 4 is 18.7 Å². The molecule has 0 saturated carbocycles. The molecular formula is C23H33NOSi. The second kappa shape index (κ2) is 8.80. The molecule has 26 heavy (non-hydrogen) atoms. The fraction of sp³-hybridized carbons (Fsp3) is 0.391. The summed E-state index contributed by atoms with van der Waals surface area (Å²) in [6.45, 7) is 14.1. The smallest absolute Gasteiger partial charge is 0.261 e. The minimum absolute atomic E-state index is 0.00578. The normalized spacial score (nSPS) is 14.7. The lowest BCUT2D eigenvalue weighted by atomic mass is 10.1. The number of hydrogen-bond donors (Lipinski definition) is 1. The van der Waals surface area contributed by atoms with Gasteiger partial charge in [-0.1, -0.05) is 94.4 Å². The summed E-state index contributed by atoms with van der Waals surface area (Å²) in [6, 6.07) is 21.5. The molecule has 2 rings (SSSR count). The van der Waals surface area contributed by atoms with Gasteiger partial charge in [0.2, 0.25) is 0 Å². The van der Waals surface area contributed by atoms with Crippen molar-refractivity contribution < 1.29 is 4.43 Å². The van der Waals surface area contributed by atoms with Gasteiger partial charge in [0.15, 0.2) is 0 Å². The minimum Gasteiger partial charge on any atom is -0.401 e. The average Bonchev–Trinajstić information content (AvgIpc) is 2.63. The van der Waals surface area contributed by atoms with E-state index in [4.69, 9.17) is 4.43 Å². The third kappa shape index (κ3) is 4.17. The highest BCUT2D eigenvalue weighted by Gasteiger charge is 2.51. The van der Waals surface area contributed by atoms with Crippen molar-refractivity contribution in [1.29, 1.82) is 0 Å². The second-order valence-electron chi connectivity index (χ2n) is 8.02. The molecule has 1 N–H and O–H groups in total. The summed E-state index contributed by atoms with van der Waals surface area (Å²) >= 11 is 0. The van der Waals surface area contributed by atoms with Crippen molar-refractivity contribution in [3.8, 4) is 0 Å². The monoisotopic (exact) mass is 367 g/mol. The standard InChI is InChI=1S/C23H33NOSi/c1-7-22(19(2)18-24-6)25-26(23(3,4)5,20-14-10-8-11-15-20)21-16-12-9-13-17-21/h7-17,19,22,24H,1,18H2,2-6H3/t19-,22+/m0/s1. The van der Waals surface area contributed by atoms with Crippen molar-refractivity contribution in [1.82, 2.24) is 5.32 Å². The maximum Gasteiger partial charge on any atom is 0.261 e. The van der Waals surface area contributed by atoms with Gasteiger partial charge in [0, 0.05) is 6.54 Å². The Bertz CT molecular complexity index is 639. The summed E-state index contributed by atoms with van der Waals surface area (Å²) in [5.41, 5.74) is 0. The number of benzene rings is 2. The lowest BCUT2D eigenvalue weighted by Gasteiger charge is -2.45. The Hall–Kier alpha value is -1.68. The van der Waals surface area contributed by atoms with Crippen LogP contribution in [0.5, 0.6) is 0 Å². The third-order valence-electron chi connectivity index (χ3n) is 5.05. The van der Waals surface area contributed by atoms with Gasteiger partial charge in [0.05, 0.1) is 6.10 Å². The van der Waals surface area contributed by atoms with Crippen molar-refractivity contribution in [2.24, 2.45) is 5.92 Å². The Morgan fingerprint density at radius 1 is 1.00 bits per heavy atom. The molecule has 0 radical (unpaired) electrons. The van der Waals surface area contributed by atoms with Crippen LogP contribution in [0.15, 0.2) is 73.3 Å². The van der Waals surface area contributed by atoms with E-state index in [0.29, 0.717) is 5.92 Å². The van der Waals surface area contributed by atoms with Crippen LogP contribution in [0, 0.1) is 5.92 Å². The van der Waals surface area contributed by atoms with Gasteiger partial charge in [-0.2, -0.15) is 0 Å². The second-order valence-corrected chi connectivity index (χ2v) is 12.3. The molecule has 3 heteroatoms. The topological polar surface area (TPSA) is 21.3 Å². The first-order valence-electron chi connectivity index (χ1n) is 9.43. The number of rotatable bonds is 8. The molecule has 0 spiro atoms. The average molecular weight is 368 g/mol. The van der Waals surface area contributed by atoms with Crippen LogP contribution in [0.4, 0.5) is 0 Å². The molecule has 2 nitrogen and oxygen atoms in total. The molecule has 2 atom stereocenters. The Kier molecular flexibility index (Phi) is 6.99. The van der Waals surface area contributed by atoms with Gasteiger partial charge in [0.1, 0.15) is 0 Å². The lowest BCUT2D eigenvalue weighted by molar-refractivity contribution is 0.174. The summed E-state index contributed by atoms with van der Waals surface area (Å²) in [5.74, 6) is 0.346. The first-order valence-corrected chi connectivity index (χ1v) is 11.3. The highest BCUT2D eigenvalue weighted by atomic mass is 28.4. The van der Waals surface area contributed by atoms with Crippen molar-refractivity contribution in [3.63, 3.8) is 0 Å². The molecule has 2 aromatic rings. The summed E-state index contributed by atoms with van der Waals surface area (Å²) < 4.78 is 7.12. The zero-order chi connectivity index (χ0) is 19.2. The largest absolute Gasteiger partial charge is 0.401 e. The van der Waals surface area contributed by atoms with Gasteiger partial charge in [0.25, 0.3) is 8.32 Å². The molecule has 0 aromatic heterocycles. The van der Waals surface area contributed by atoms with Crippen LogP contribution in [-0.4, -0.2) is 28.0 Å². The fourth-order valence-corrected chi connectivity index (χ4v) is 8.48. The Labute approximate surface area is 160 Å². The molecule has 0 heterocycles. The first-order chi connectivity index (χ1) is 12.4. The van der Waals surface area contributed by atoms with E-state index in [0.717, 1.165) is 6.54 Å². The Balaban J connectivity index is 2.66. The molecule has 0 saturated heterocycles. The van der Waals surface area contributed by atoms with Gasteiger partial charge < -0.3 is 9.74 Å². The van der Waals surface area contributed by atoms with Crippen molar-refractivity contribution in [2.45, 2.75) is 38.8 Å². The van der Waals surface area contributed by atoms with Crippen molar-refractivity contribution in [3.05, 3.63) is 73.3 Å². The lowest BCUT2D eigenvalue weighted by Crippen LogP contribution is -2.68. The van der Waals surface area contributed by atoms with E-state index in [2.05, 4.69) is 100 Å². The molecule has 0 amide bonds. The van der Waals surface area contributed by atoms with Gasteiger partial charge >= 0.3 is 0 Å². The summed E-state index contributed by atoms with van der Waals surface area (Å²) in [7, 11) is -0.539. The van der Waals surface area contributed by atoms with E-state index in [-0.39, 0.29) is 11.1 Å². The van der Waals surface area contributed by atoms with Gasteiger partial charge in [-0.15, -0.1) is 6.58 Å². The molecule has 0 fully saturated rings. The quantitative estimate of drug-likeness (QED) is 0.563. The molecule has 140 valence electrons. The first kappa shape index (κ1) is 20.6. The van der Waals surface area contributed by atoms with E-state index < -0.39 is 8.32 Å². The van der Waals surface area contributed by atoms with Crippen molar-refractivity contribution in [2.75, 3.05) is 13.6 Å². The SMILES string of the molecule is C=C[C@@H](O[Si](c1ccccc1)(c1ccccc1)C(C)(C)C)[C@@H](C)CNC. The molecule has 0 aliphatic carbocycles. The highest BCUT2D eigenvalue weighted by molar-refractivity contribution is 6.99. The number of nitrogens with one attached hydrogen (secondary N) is 1. The fourth-order valence-electron chi connectivity index (χ4n) is 3.73. The molecular weight excluding hydrogens is 334 g/mol.